The lowest BCUT2D eigenvalue weighted by atomic mass is 10.0. The van der Waals surface area contributed by atoms with Crippen molar-refractivity contribution in [2.75, 3.05) is 33.4 Å². The van der Waals surface area contributed by atoms with Crippen LogP contribution in [0.1, 0.15) is 11.8 Å². The lowest BCUT2D eigenvalue weighted by molar-refractivity contribution is -0.121. The summed E-state index contributed by atoms with van der Waals surface area (Å²) in [4.78, 5) is 2.30. The molecule has 4 rings (SSSR count). The van der Waals surface area contributed by atoms with Crippen LogP contribution >= 0.6 is 0 Å². The molecule has 0 radical (unpaired) electrons. The van der Waals surface area contributed by atoms with Gasteiger partial charge in [0.05, 0.1) is 31.0 Å². The van der Waals surface area contributed by atoms with E-state index in [0.717, 1.165) is 31.8 Å². The number of benzene rings is 1. The van der Waals surface area contributed by atoms with Gasteiger partial charge >= 0.3 is 0 Å². The van der Waals surface area contributed by atoms with E-state index in [1.54, 1.807) is 0 Å². The average molecular weight is 273 g/mol. The normalized spacial score (nSPS) is 27.6. The highest BCUT2D eigenvalue weighted by molar-refractivity contribution is 5.82. The summed E-state index contributed by atoms with van der Waals surface area (Å²) in [5.41, 5.74) is 2.22. The van der Waals surface area contributed by atoms with Gasteiger partial charge in [0, 0.05) is 18.5 Å². The van der Waals surface area contributed by atoms with Gasteiger partial charge in [0.25, 0.3) is 0 Å². The van der Waals surface area contributed by atoms with Crippen molar-refractivity contribution in [3.8, 4) is 0 Å². The van der Waals surface area contributed by atoms with Crippen LogP contribution in [0.15, 0.2) is 24.3 Å². The van der Waals surface area contributed by atoms with Gasteiger partial charge in [-0.25, -0.2) is 0 Å². The van der Waals surface area contributed by atoms with Crippen LogP contribution in [0.25, 0.3) is 10.9 Å². The Morgan fingerprint density at radius 2 is 2.00 bits per heavy atom. The summed E-state index contributed by atoms with van der Waals surface area (Å²) in [6.07, 6.45) is 0.0757. The van der Waals surface area contributed by atoms with Crippen LogP contribution in [0.4, 0.5) is 0 Å². The van der Waals surface area contributed by atoms with Crippen molar-refractivity contribution < 1.29 is 9.47 Å². The molecule has 3 heterocycles. The Morgan fingerprint density at radius 3 is 2.90 bits per heavy atom. The zero-order valence-corrected chi connectivity index (χ0v) is 11.7. The first-order valence-electron chi connectivity index (χ1n) is 7.20. The minimum Gasteiger partial charge on any atom is -0.372 e. The molecule has 0 amide bonds. The maximum Gasteiger partial charge on any atom is 0.127 e. The number of aromatic nitrogens is 2. The molecule has 1 fully saturated rings. The molecular weight excluding hydrogens is 254 g/mol. The Morgan fingerprint density at radius 1 is 1.15 bits per heavy atom. The van der Waals surface area contributed by atoms with E-state index >= 15 is 0 Å². The number of hydrogen-bond donors (Lipinski definition) is 0. The van der Waals surface area contributed by atoms with Crippen molar-refractivity contribution in [2.24, 2.45) is 0 Å². The van der Waals surface area contributed by atoms with Gasteiger partial charge in [-0.3, -0.25) is 4.68 Å². The van der Waals surface area contributed by atoms with Crippen LogP contribution in [-0.4, -0.2) is 54.1 Å². The smallest absolute Gasteiger partial charge is 0.127 e. The molecule has 0 bridgehead atoms. The van der Waals surface area contributed by atoms with Gasteiger partial charge in [0.15, 0.2) is 0 Å². The number of hydrogen-bond acceptors (Lipinski definition) is 4. The van der Waals surface area contributed by atoms with E-state index in [2.05, 4.69) is 39.9 Å². The third kappa shape index (κ3) is 1.93. The van der Waals surface area contributed by atoms with E-state index in [4.69, 9.17) is 9.47 Å². The first-order chi connectivity index (χ1) is 9.83. The van der Waals surface area contributed by atoms with Crippen LogP contribution in [0.3, 0.4) is 0 Å². The zero-order valence-electron chi connectivity index (χ0n) is 11.7. The predicted octanol–water partition coefficient (Wildman–Crippen LogP) is 1.44. The van der Waals surface area contributed by atoms with Gasteiger partial charge < -0.3 is 14.4 Å². The topological polar surface area (TPSA) is 39.5 Å². The highest BCUT2D eigenvalue weighted by Crippen LogP contribution is 2.33. The minimum absolute atomic E-state index is 0.0149. The molecular formula is C15H19N3O2. The molecule has 0 aliphatic carbocycles. The molecule has 0 saturated carbocycles. The molecule has 20 heavy (non-hydrogen) atoms. The molecule has 106 valence electrons. The number of nitrogens with zero attached hydrogens (tertiary/aromatic N) is 3. The van der Waals surface area contributed by atoms with Gasteiger partial charge in [0.2, 0.25) is 0 Å². The summed E-state index contributed by atoms with van der Waals surface area (Å²) in [7, 11) is 2.13. The van der Waals surface area contributed by atoms with Crippen LogP contribution < -0.4 is 0 Å². The van der Waals surface area contributed by atoms with E-state index in [-0.39, 0.29) is 12.2 Å². The first-order valence-corrected chi connectivity index (χ1v) is 7.20. The number of fused-ring (bicyclic) bond motifs is 3. The summed E-state index contributed by atoms with van der Waals surface area (Å²) in [5, 5.41) is 5.87. The fraction of sp³-hybridized carbons (Fsp3) is 0.533. The Hall–Kier alpha value is -1.43. The largest absolute Gasteiger partial charge is 0.372 e. The fourth-order valence-electron chi connectivity index (χ4n) is 3.19. The van der Waals surface area contributed by atoms with Crippen molar-refractivity contribution in [1.29, 1.82) is 0 Å². The molecule has 5 heteroatoms. The molecule has 0 N–H and O–H groups in total. The summed E-state index contributed by atoms with van der Waals surface area (Å²) >= 11 is 0. The number of likely N-dealkylation sites (N-methyl/N-ethyl adjacent to an activating group) is 1. The van der Waals surface area contributed by atoms with Gasteiger partial charge in [-0.15, -0.1) is 0 Å². The molecule has 0 spiro atoms. The SMILES string of the molecule is CN1CCO[C@@H](C2OCCn3nc4ccccc4c32)C1. The van der Waals surface area contributed by atoms with E-state index in [1.807, 2.05) is 6.07 Å². The van der Waals surface area contributed by atoms with Gasteiger partial charge in [-0.1, -0.05) is 18.2 Å². The van der Waals surface area contributed by atoms with Gasteiger partial charge in [-0.05, 0) is 13.1 Å². The first kappa shape index (κ1) is 12.3. The second-order valence-corrected chi connectivity index (χ2v) is 5.59. The molecule has 1 unspecified atom stereocenters. The fourth-order valence-corrected chi connectivity index (χ4v) is 3.19. The molecule has 2 aliphatic rings. The van der Waals surface area contributed by atoms with Crippen molar-refractivity contribution >= 4 is 10.9 Å². The third-order valence-electron chi connectivity index (χ3n) is 4.19. The standard InChI is InChI=1S/C15H19N3O2/c1-17-6-8-19-13(10-17)15-14-11-4-2-3-5-12(11)16-18(14)7-9-20-15/h2-5,13,15H,6-10H2,1H3/t13-,15?/m1/s1. The summed E-state index contributed by atoms with van der Waals surface area (Å²) < 4.78 is 14.1. The molecule has 1 aromatic carbocycles. The van der Waals surface area contributed by atoms with Gasteiger partial charge in [0.1, 0.15) is 12.2 Å². The molecule has 5 nitrogen and oxygen atoms in total. The lowest BCUT2D eigenvalue weighted by Gasteiger charge is -2.37. The summed E-state index contributed by atoms with van der Waals surface area (Å²) in [6.45, 7) is 4.19. The Kier molecular flexibility index (Phi) is 2.98. The van der Waals surface area contributed by atoms with E-state index in [9.17, 15) is 0 Å². The maximum atomic E-state index is 6.05. The van der Waals surface area contributed by atoms with Gasteiger partial charge in [-0.2, -0.15) is 5.10 Å². The van der Waals surface area contributed by atoms with Crippen LogP contribution in [0, 0.1) is 0 Å². The molecule has 1 saturated heterocycles. The van der Waals surface area contributed by atoms with Crippen molar-refractivity contribution in [3.05, 3.63) is 30.0 Å². The molecule has 2 aliphatic heterocycles. The highest BCUT2D eigenvalue weighted by Gasteiger charge is 2.34. The second kappa shape index (κ2) is 4.84. The van der Waals surface area contributed by atoms with Crippen molar-refractivity contribution in [3.63, 3.8) is 0 Å². The third-order valence-corrected chi connectivity index (χ3v) is 4.19. The number of rotatable bonds is 1. The number of ether oxygens (including phenoxy) is 2. The van der Waals surface area contributed by atoms with Crippen molar-refractivity contribution in [1.82, 2.24) is 14.7 Å². The van der Waals surface area contributed by atoms with E-state index < -0.39 is 0 Å². The van der Waals surface area contributed by atoms with Crippen LogP contribution in [-0.2, 0) is 16.0 Å². The minimum atomic E-state index is -0.0149. The van der Waals surface area contributed by atoms with E-state index in [1.165, 1.54) is 11.1 Å². The monoisotopic (exact) mass is 273 g/mol. The van der Waals surface area contributed by atoms with Crippen LogP contribution in [0.2, 0.25) is 0 Å². The maximum absolute atomic E-state index is 6.05. The number of morpholine rings is 1. The predicted molar refractivity (Wildman–Crippen MR) is 75.7 cm³/mol. The quantitative estimate of drug-likeness (QED) is 0.788. The Labute approximate surface area is 118 Å². The molecule has 2 aromatic rings. The zero-order chi connectivity index (χ0) is 13.5. The Bertz CT molecular complexity index is 625. The molecule has 1 aromatic heterocycles. The van der Waals surface area contributed by atoms with Crippen molar-refractivity contribution in [2.45, 2.75) is 18.8 Å². The summed E-state index contributed by atoms with van der Waals surface area (Å²) in [6, 6.07) is 8.28. The highest BCUT2D eigenvalue weighted by atomic mass is 16.5. The van der Waals surface area contributed by atoms with Crippen LogP contribution in [0.5, 0.6) is 0 Å². The average Bonchev–Trinajstić information content (AvgIpc) is 2.85. The lowest BCUT2D eigenvalue weighted by Crippen LogP contribution is -2.45. The summed E-state index contributed by atoms with van der Waals surface area (Å²) in [5.74, 6) is 0. The molecule has 2 atom stereocenters. The van der Waals surface area contributed by atoms with E-state index in [0.29, 0.717) is 6.61 Å². The second-order valence-electron chi connectivity index (χ2n) is 5.59. The Balaban J connectivity index is 1.77.